The van der Waals surface area contributed by atoms with Crippen LogP contribution < -0.4 is 16.4 Å². The zero-order valence-corrected chi connectivity index (χ0v) is 18.3. The molecule has 8 nitrogen and oxygen atoms in total. The van der Waals surface area contributed by atoms with Crippen LogP contribution in [0.25, 0.3) is 10.9 Å². The summed E-state index contributed by atoms with van der Waals surface area (Å²) in [7, 11) is 0. The standard InChI is InChI=1S/C22H15F7N6O2/c23-14-3-1-2-12(21(24,25)26)11(14)8-32-19-10-4-5-13(22(27,28)29)16(18(30)36)17(10)34-20(35-19)33-9-15-31-6-7-37-15/h1-7H,8-9H2,(H2,30,36)(H2,32,33,34,35). The Hall–Kier alpha value is -4.43. The molecule has 15 heteroatoms. The summed E-state index contributed by atoms with van der Waals surface area (Å²) in [5.41, 5.74) is 0.363. The average Bonchev–Trinajstić information content (AvgIpc) is 3.33. The number of nitrogens with two attached hydrogens (primary N) is 1. The molecule has 0 fully saturated rings. The number of oxazole rings is 1. The average molecular weight is 528 g/mol. The number of primary amides is 1. The molecule has 1 amide bonds. The highest BCUT2D eigenvalue weighted by Crippen LogP contribution is 2.37. The summed E-state index contributed by atoms with van der Waals surface area (Å²) in [6, 6.07) is 3.90. The van der Waals surface area contributed by atoms with E-state index >= 15 is 0 Å². The van der Waals surface area contributed by atoms with Crippen molar-refractivity contribution in [2.24, 2.45) is 5.73 Å². The lowest BCUT2D eigenvalue weighted by atomic mass is 10.0. The number of benzene rings is 2. The van der Waals surface area contributed by atoms with E-state index in [1.54, 1.807) is 0 Å². The van der Waals surface area contributed by atoms with Gasteiger partial charge in [-0.2, -0.15) is 31.3 Å². The molecule has 0 saturated heterocycles. The highest BCUT2D eigenvalue weighted by molar-refractivity contribution is 6.08. The van der Waals surface area contributed by atoms with E-state index in [4.69, 9.17) is 10.2 Å². The van der Waals surface area contributed by atoms with E-state index in [2.05, 4.69) is 25.6 Å². The Balaban J connectivity index is 1.84. The molecule has 0 bridgehead atoms. The minimum absolute atomic E-state index is 0.131. The van der Waals surface area contributed by atoms with Crippen LogP contribution in [0.1, 0.15) is 32.9 Å². The molecule has 2 aromatic carbocycles. The molecule has 0 unspecified atom stereocenters. The van der Waals surface area contributed by atoms with Crippen molar-refractivity contribution in [2.45, 2.75) is 25.4 Å². The maximum atomic E-state index is 14.3. The number of rotatable bonds is 7. The zero-order valence-electron chi connectivity index (χ0n) is 18.3. The SMILES string of the molecule is NC(=O)c1c(C(F)(F)F)ccc2c(NCc3c(F)cccc3C(F)(F)F)nc(NCc3ncco3)nc12. The van der Waals surface area contributed by atoms with Crippen molar-refractivity contribution >= 4 is 28.6 Å². The fourth-order valence-corrected chi connectivity index (χ4v) is 3.57. The Morgan fingerprint density at radius 1 is 0.946 bits per heavy atom. The van der Waals surface area contributed by atoms with E-state index < -0.39 is 58.4 Å². The van der Waals surface area contributed by atoms with Gasteiger partial charge in [-0.1, -0.05) is 6.07 Å². The van der Waals surface area contributed by atoms with E-state index in [1.165, 1.54) is 12.5 Å². The minimum atomic E-state index is -4.97. The Labute approximate surface area is 202 Å². The number of halogens is 7. The predicted molar refractivity (Wildman–Crippen MR) is 116 cm³/mol. The molecule has 0 atom stereocenters. The first-order valence-electron chi connectivity index (χ1n) is 10.3. The Bertz CT molecular complexity index is 1450. The number of fused-ring (bicyclic) bond motifs is 1. The van der Waals surface area contributed by atoms with E-state index in [0.717, 1.165) is 18.2 Å². The fraction of sp³-hybridized carbons (Fsp3) is 0.182. The molecule has 0 aliphatic heterocycles. The largest absolute Gasteiger partial charge is 0.447 e. The molecule has 4 rings (SSSR count). The molecular weight excluding hydrogens is 513 g/mol. The number of aromatic nitrogens is 3. The molecule has 37 heavy (non-hydrogen) atoms. The normalized spacial score (nSPS) is 12.1. The number of hydrogen-bond donors (Lipinski definition) is 3. The maximum Gasteiger partial charge on any atom is 0.417 e. The lowest BCUT2D eigenvalue weighted by Gasteiger charge is -2.18. The van der Waals surface area contributed by atoms with Gasteiger partial charge in [0.05, 0.1) is 34.9 Å². The number of alkyl halides is 6. The van der Waals surface area contributed by atoms with E-state index in [-0.39, 0.29) is 29.6 Å². The van der Waals surface area contributed by atoms with Crippen LogP contribution >= 0.6 is 0 Å². The van der Waals surface area contributed by atoms with Crippen LogP contribution in [0.3, 0.4) is 0 Å². The highest BCUT2D eigenvalue weighted by Gasteiger charge is 2.37. The summed E-state index contributed by atoms with van der Waals surface area (Å²) in [5.74, 6) is -3.08. The van der Waals surface area contributed by atoms with Crippen molar-refractivity contribution in [3.05, 3.63) is 76.8 Å². The van der Waals surface area contributed by atoms with Crippen LogP contribution in [0.2, 0.25) is 0 Å². The van der Waals surface area contributed by atoms with Gasteiger partial charge in [-0.25, -0.2) is 14.4 Å². The topological polar surface area (TPSA) is 119 Å². The zero-order chi connectivity index (χ0) is 27.0. The number of hydrogen-bond acceptors (Lipinski definition) is 7. The van der Waals surface area contributed by atoms with Crippen LogP contribution in [0.15, 0.2) is 47.2 Å². The number of nitrogens with one attached hydrogen (secondary N) is 2. The van der Waals surface area contributed by atoms with Gasteiger partial charge in [0.2, 0.25) is 11.8 Å². The van der Waals surface area contributed by atoms with Gasteiger partial charge in [0.25, 0.3) is 5.91 Å². The van der Waals surface area contributed by atoms with Crippen molar-refractivity contribution in [1.82, 2.24) is 15.0 Å². The Morgan fingerprint density at radius 3 is 2.30 bits per heavy atom. The van der Waals surface area contributed by atoms with Crippen molar-refractivity contribution in [3.8, 4) is 0 Å². The Kier molecular flexibility index (Phi) is 6.62. The van der Waals surface area contributed by atoms with Gasteiger partial charge in [-0.05, 0) is 24.3 Å². The minimum Gasteiger partial charge on any atom is -0.447 e. The molecule has 4 N–H and O–H groups in total. The van der Waals surface area contributed by atoms with Crippen LogP contribution in [0.5, 0.6) is 0 Å². The van der Waals surface area contributed by atoms with E-state index in [1.807, 2.05) is 0 Å². The smallest absolute Gasteiger partial charge is 0.417 e. The molecule has 0 saturated carbocycles. The third kappa shape index (κ3) is 5.39. The first kappa shape index (κ1) is 25.7. The molecule has 2 aromatic heterocycles. The lowest BCUT2D eigenvalue weighted by Crippen LogP contribution is -2.20. The fourth-order valence-electron chi connectivity index (χ4n) is 3.57. The van der Waals surface area contributed by atoms with Gasteiger partial charge < -0.3 is 20.8 Å². The van der Waals surface area contributed by atoms with Crippen molar-refractivity contribution in [1.29, 1.82) is 0 Å². The molecule has 0 aliphatic rings. The monoisotopic (exact) mass is 528 g/mol. The summed E-state index contributed by atoms with van der Waals surface area (Å²) < 4.78 is 100. The second kappa shape index (κ2) is 9.55. The summed E-state index contributed by atoms with van der Waals surface area (Å²) in [6.07, 6.45) is -7.26. The number of nitrogens with zero attached hydrogens (tertiary/aromatic N) is 3. The predicted octanol–water partition coefficient (Wildman–Crippen LogP) is 5.12. The van der Waals surface area contributed by atoms with Crippen molar-refractivity contribution in [3.63, 3.8) is 0 Å². The molecule has 0 radical (unpaired) electrons. The highest BCUT2D eigenvalue weighted by atomic mass is 19.4. The number of carbonyl (C=O) groups is 1. The van der Waals surface area contributed by atoms with Crippen LogP contribution in [-0.2, 0) is 25.4 Å². The summed E-state index contributed by atoms with van der Waals surface area (Å²) in [5, 5.41) is 4.98. The van der Waals surface area contributed by atoms with Gasteiger partial charge in [0.15, 0.2) is 0 Å². The number of anilines is 2. The van der Waals surface area contributed by atoms with Gasteiger partial charge >= 0.3 is 12.4 Å². The van der Waals surface area contributed by atoms with Crippen LogP contribution in [0.4, 0.5) is 42.5 Å². The summed E-state index contributed by atoms with van der Waals surface area (Å²) in [4.78, 5) is 24.0. The molecule has 0 aliphatic carbocycles. The van der Waals surface area contributed by atoms with E-state index in [9.17, 15) is 35.5 Å². The summed E-state index contributed by atoms with van der Waals surface area (Å²) in [6.45, 7) is -0.881. The van der Waals surface area contributed by atoms with Crippen molar-refractivity contribution < 1.29 is 39.9 Å². The molecule has 4 aromatic rings. The molecular formula is C22H15F7N6O2. The molecule has 2 heterocycles. The van der Waals surface area contributed by atoms with Gasteiger partial charge in [0.1, 0.15) is 17.9 Å². The molecule has 0 spiro atoms. The second-order valence-corrected chi connectivity index (χ2v) is 7.54. The summed E-state index contributed by atoms with van der Waals surface area (Å²) >= 11 is 0. The van der Waals surface area contributed by atoms with E-state index in [0.29, 0.717) is 12.1 Å². The Morgan fingerprint density at radius 2 is 1.68 bits per heavy atom. The van der Waals surface area contributed by atoms with Crippen LogP contribution in [0, 0.1) is 5.82 Å². The van der Waals surface area contributed by atoms with Gasteiger partial charge in [-0.15, -0.1) is 0 Å². The quantitative estimate of drug-likeness (QED) is 0.285. The third-order valence-corrected chi connectivity index (χ3v) is 5.16. The maximum absolute atomic E-state index is 14.3. The number of amides is 1. The molecule has 194 valence electrons. The van der Waals surface area contributed by atoms with Gasteiger partial charge in [-0.3, -0.25) is 4.79 Å². The third-order valence-electron chi connectivity index (χ3n) is 5.16. The number of carbonyl (C=O) groups excluding carboxylic acids is 1. The van der Waals surface area contributed by atoms with Crippen LogP contribution in [-0.4, -0.2) is 20.9 Å². The first-order valence-corrected chi connectivity index (χ1v) is 10.3. The van der Waals surface area contributed by atoms with Crippen molar-refractivity contribution in [2.75, 3.05) is 10.6 Å². The second-order valence-electron chi connectivity index (χ2n) is 7.54. The lowest BCUT2D eigenvalue weighted by molar-refractivity contribution is -0.138. The van der Waals surface area contributed by atoms with Gasteiger partial charge in [0, 0.05) is 17.5 Å². The first-order chi connectivity index (χ1) is 17.4.